The Morgan fingerprint density at radius 1 is 0.600 bits per heavy atom. The van der Waals surface area contributed by atoms with Gasteiger partial charge in [0, 0.05) is 22.5 Å². The van der Waals surface area contributed by atoms with Crippen molar-refractivity contribution in [3.8, 4) is 0 Å². The molecule has 0 atom stereocenters. The third-order valence-electron chi connectivity index (χ3n) is 2.68. The molecule has 0 bridgehead atoms. The van der Waals surface area contributed by atoms with Gasteiger partial charge in [0.15, 0.2) is 11.7 Å². The first-order valence-corrected chi connectivity index (χ1v) is 5.94. The summed E-state index contributed by atoms with van der Waals surface area (Å²) in [5.41, 5.74) is 25.6. The molecule has 0 radical (unpaired) electrons. The highest BCUT2D eigenvalue weighted by Gasteiger charge is 2.00. The standard InChI is InChI=1S/C14H16N6/c15-11-5-1-9(2-6-11)13(17)19-20-14(18)10-3-7-12(16)8-4-10/h1-8H,15-16H2,(H2,17,19)(H2,18,20). The van der Waals surface area contributed by atoms with Crippen molar-refractivity contribution in [2.75, 3.05) is 11.5 Å². The smallest absolute Gasteiger partial charge is 0.153 e. The molecule has 2 aromatic carbocycles. The summed E-state index contributed by atoms with van der Waals surface area (Å²) in [5.74, 6) is 0.534. The van der Waals surface area contributed by atoms with E-state index in [1.807, 2.05) is 0 Å². The van der Waals surface area contributed by atoms with Crippen molar-refractivity contribution in [3.05, 3.63) is 59.7 Å². The molecule has 102 valence electrons. The quantitative estimate of drug-likeness (QED) is 0.285. The summed E-state index contributed by atoms with van der Waals surface area (Å²) in [6.45, 7) is 0. The molecular formula is C14H16N6. The van der Waals surface area contributed by atoms with Crippen LogP contribution in [0, 0.1) is 0 Å². The van der Waals surface area contributed by atoms with E-state index in [2.05, 4.69) is 10.2 Å². The van der Waals surface area contributed by atoms with Gasteiger partial charge in [-0.25, -0.2) is 0 Å². The van der Waals surface area contributed by atoms with E-state index in [0.717, 1.165) is 11.1 Å². The fourth-order valence-corrected chi connectivity index (χ4v) is 1.53. The number of hydrogen-bond acceptors (Lipinski definition) is 4. The summed E-state index contributed by atoms with van der Waals surface area (Å²) < 4.78 is 0. The number of nitrogen functional groups attached to an aromatic ring is 2. The Hall–Kier alpha value is -3.02. The minimum atomic E-state index is 0.267. The average molecular weight is 268 g/mol. The molecule has 0 heterocycles. The first-order chi connectivity index (χ1) is 9.56. The van der Waals surface area contributed by atoms with Crippen molar-refractivity contribution in [3.63, 3.8) is 0 Å². The van der Waals surface area contributed by atoms with Gasteiger partial charge in [-0.05, 0) is 48.5 Å². The largest absolute Gasteiger partial charge is 0.399 e. The number of hydrogen-bond donors (Lipinski definition) is 4. The molecule has 20 heavy (non-hydrogen) atoms. The molecule has 0 amide bonds. The van der Waals surface area contributed by atoms with Crippen LogP contribution in [0.2, 0.25) is 0 Å². The number of nitrogens with zero attached hydrogens (tertiary/aromatic N) is 2. The van der Waals surface area contributed by atoms with Crippen molar-refractivity contribution in [1.82, 2.24) is 0 Å². The highest BCUT2D eigenvalue weighted by Crippen LogP contribution is 2.07. The van der Waals surface area contributed by atoms with E-state index in [4.69, 9.17) is 22.9 Å². The maximum absolute atomic E-state index is 5.82. The van der Waals surface area contributed by atoms with Crippen LogP contribution in [-0.4, -0.2) is 11.7 Å². The molecule has 0 saturated carbocycles. The van der Waals surface area contributed by atoms with Crippen molar-refractivity contribution in [2.45, 2.75) is 0 Å². The lowest BCUT2D eigenvalue weighted by molar-refractivity contribution is 1.20. The Morgan fingerprint density at radius 2 is 0.900 bits per heavy atom. The predicted molar refractivity (Wildman–Crippen MR) is 83.2 cm³/mol. The third kappa shape index (κ3) is 3.26. The Bertz CT molecular complexity index is 581. The highest BCUT2D eigenvalue weighted by molar-refractivity contribution is 6.00. The van der Waals surface area contributed by atoms with Crippen LogP contribution in [0.25, 0.3) is 0 Å². The van der Waals surface area contributed by atoms with Crippen molar-refractivity contribution in [1.29, 1.82) is 0 Å². The van der Waals surface area contributed by atoms with Crippen LogP contribution < -0.4 is 22.9 Å². The van der Waals surface area contributed by atoms with Crippen LogP contribution >= 0.6 is 0 Å². The van der Waals surface area contributed by atoms with E-state index in [-0.39, 0.29) is 11.7 Å². The lowest BCUT2D eigenvalue weighted by atomic mass is 10.2. The SMILES string of the molecule is N/C(=N\N=C(/N)c1ccc(N)cc1)c1ccc(N)cc1. The molecule has 2 rings (SSSR count). The van der Waals surface area contributed by atoms with Crippen LogP contribution in [0.5, 0.6) is 0 Å². The van der Waals surface area contributed by atoms with Gasteiger partial charge in [-0.15, -0.1) is 10.2 Å². The number of benzene rings is 2. The van der Waals surface area contributed by atoms with Gasteiger partial charge in [0.25, 0.3) is 0 Å². The fraction of sp³-hybridized carbons (Fsp3) is 0. The molecule has 0 aliphatic heterocycles. The topological polar surface area (TPSA) is 129 Å². The van der Waals surface area contributed by atoms with Gasteiger partial charge in [-0.2, -0.15) is 0 Å². The van der Waals surface area contributed by atoms with Crippen molar-refractivity contribution < 1.29 is 0 Å². The number of amidine groups is 2. The van der Waals surface area contributed by atoms with E-state index in [0.29, 0.717) is 11.4 Å². The van der Waals surface area contributed by atoms with Gasteiger partial charge in [0.05, 0.1) is 0 Å². The molecule has 0 fully saturated rings. The second-order valence-corrected chi connectivity index (χ2v) is 4.21. The zero-order chi connectivity index (χ0) is 14.5. The number of anilines is 2. The second kappa shape index (κ2) is 5.75. The van der Waals surface area contributed by atoms with E-state index >= 15 is 0 Å². The van der Waals surface area contributed by atoms with Gasteiger partial charge < -0.3 is 22.9 Å². The predicted octanol–water partition coefficient (Wildman–Crippen LogP) is 0.877. The first-order valence-electron chi connectivity index (χ1n) is 5.94. The fourth-order valence-electron chi connectivity index (χ4n) is 1.53. The molecule has 0 aliphatic rings. The molecule has 2 aromatic rings. The molecule has 0 aliphatic carbocycles. The Labute approximate surface area is 116 Å². The van der Waals surface area contributed by atoms with Crippen LogP contribution in [0.1, 0.15) is 11.1 Å². The van der Waals surface area contributed by atoms with Gasteiger partial charge in [-0.1, -0.05) is 0 Å². The second-order valence-electron chi connectivity index (χ2n) is 4.21. The molecule has 8 N–H and O–H groups in total. The minimum Gasteiger partial charge on any atom is -0.399 e. The van der Waals surface area contributed by atoms with E-state index < -0.39 is 0 Å². The highest BCUT2D eigenvalue weighted by atomic mass is 15.3. The maximum Gasteiger partial charge on any atom is 0.153 e. The van der Waals surface area contributed by atoms with E-state index in [1.54, 1.807) is 48.5 Å². The molecule has 6 heteroatoms. The molecule has 0 aromatic heterocycles. The van der Waals surface area contributed by atoms with Crippen molar-refractivity contribution >= 4 is 23.0 Å². The van der Waals surface area contributed by atoms with E-state index in [9.17, 15) is 0 Å². The summed E-state index contributed by atoms with van der Waals surface area (Å²) in [6, 6.07) is 14.0. The molecule has 6 nitrogen and oxygen atoms in total. The first kappa shape index (κ1) is 13.4. The molecule has 0 saturated heterocycles. The molecule has 0 unspecified atom stereocenters. The Balaban J connectivity index is 2.19. The van der Waals surface area contributed by atoms with Crippen LogP contribution in [0.3, 0.4) is 0 Å². The van der Waals surface area contributed by atoms with Crippen molar-refractivity contribution in [2.24, 2.45) is 21.7 Å². The summed E-state index contributed by atoms with van der Waals surface area (Å²) in [5, 5.41) is 7.82. The normalized spacial score (nSPS) is 12.4. The summed E-state index contributed by atoms with van der Waals surface area (Å²) in [7, 11) is 0. The van der Waals surface area contributed by atoms with Crippen LogP contribution in [0.4, 0.5) is 11.4 Å². The lowest BCUT2D eigenvalue weighted by Crippen LogP contribution is -2.16. The zero-order valence-electron chi connectivity index (χ0n) is 10.8. The summed E-state index contributed by atoms with van der Waals surface area (Å²) >= 11 is 0. The van der Waals surface area contributed by atoms with Crippen LogP contribution in [0.15, 0.2) is 58.7 Å². The lowest BCUT2D eigenvalue weighted by Gasteiger charge is -2.01. The summed E-state index contributed by atoms with van der Waals surface area (Å²) in [6.07, 6.45) is 0. The van der Waals surface area contributed by atoms with Crippen LogP contribution in [-0.2, 0) is 0 Å². The Morgan fingerprint density at radius 3 is 1.20 bits per heavy atom. The summed E-state index contributed by atoms with van der Waals surface area (Å²) in [4.78, 5) is 0. The molecule has 0 spiro atoms. The average Bonchev–Trinajstić information content (AvgIpc) is 2.46. The molecular weight excluding hydrogens is 252 g/mol. The van der Waals surface area contributed by atoms with Gasteiger partial charge >= 0.3 is 0 Å². The number of nitrogens with two attached hydrogens (primary N) is 4. The zero-order valence-corrected chi connectivity index (χ0v) is 10.8. The minimum absolute atomic E-state index is 0.267. The number of rotatable bonds is 3. The monoisotopic (exact) mass is 268 g/mol. The van der Waals surface area contributed by atoms with Gasteiger partial charge in [-0.3, -0.25) is 0 Å². The Kier molecular flexibility index (Phi) is 3.85. The third-order valence-corrected chi connectivity index (χ3v) is 2.68. The van der Waals surface area contributed by atoms with E-state index in [1.165, 1.54) is 0 Å². The van der Waals surface area contributed by atoms with Gasteiger partial charge in [0.1, 0.15) is 0 Å². The van der Waals surface area contributed by atoms with Gasteiger partial charge in [0.2, 0.25) is 0 Å². The maximum atomic E-state index is 5.82.